The van der Waals surface area contributed by atoms with Gasteiger partial charge in [-0.05, 0) is 48.5 Å². The van der Waals surface area contributed by atoms with E-state index in [9.17, 15) is 19.7 Å². The Morgan fingerprint density at radius 1 is 1.17 bits per heavy atom. The third-order valence-corrected chi connectivity index (χ3v) is 3.87. The van der Waals surface area contributed by atoms with Gasteiger partial charge in [-0.15, -0.1) is 0 Å². The van der Waals surface area contributed by atoms with Gasteiger partial charge in [0.15, 0.2) is 5.11 Å². The van der Waals surface area contributed by atoms with Crippen LogP contribution < -0.4 is 16.0 Å². The van der Waals surface area contributed by atoms with Gasteiger partial charge in [0, 0.05) is 36.0 Å². The first-order valence-electron chi connectivity index (χ1n) is 8.82. The third kappa shape index (κ3) is 7.15. The first-order chi connectivity index (χ1) is 13.9. The fourth-order valence-corrected chi connectivity index (χ4v) is 2.53. The predicted molar refractivity (Wildman–Crippen MR) is 116 cm³/mol. The molecule has 0 unspecified atom stereocenters. The Balaban J connectivity index is 1.93. The smallest absolute Gasteiger partial charge is 0.270 e. The number of benzene rings is 2. The number of nitro benzene ring substituents is 1. The minimum absolute atomic E-state index is 0.0600. The van der Waals surface area contributed by atoms with E-state index in [-0.39, 0.29) is 16.7 Å². The predicted octanol–water partition coefficient (Wildman–Crippen LogP) is 3.26. The largest absolute Gasteiger partial charge is 0.352 e. The molecule has 0 saturated heterocycles. The molecule has 0 spiro atoms. The van der Waals surface area contributed by atoms with Crippen LogP contribution in [0.1, 0.15) is 29.3 Å². The molecular weight excluding hydrogens is 392 g/mol. The molecule has 0 atom stereocenters. The van der Waals surface area contributed by atoms with Crippen molar-refractivity contribution in [3.05, 3.63) is 75.8 Å². The van der Waals surface area contributed by atoms with Crippen LogP contribution in [0, 0.1) is 10.1 Å². The van der Waals surface area contributed by atoms with E-state index < -0.39 is 10.8 Å². The van der Waals surface area contributed by atoms with E-state index in [2.05, 4.69) is 16.0 Å². The van der Waals surface area contributed by atoms with Gasteiger partial charge in [-0.1, -0.05) is 25.1 Å². The minimum Gasteiger partial charge on any atom is -0.352 e. The second-order valence-corrected chi connectivity index (χ2v) is 6.37. The molecule has 0 radical (unpaired) electrons. The SMILES string of the molecule is CCCNC(=O)c1cccc(NC(=S)NC(=O)/C=C/c2cccc([N+](=O)[O-])c2)c1. The highest BCUT2D eigenvalue weighted by Gasteiger charge is 2.07. The highest BCUT2D eigenvalue weighted by molar-refractivity contribution is 7.80. The van der Waals surface area contributed by atoms with Crippen LogP contribution >= 0.6 is 12.2 Å². The molecule has 2 aromatic carbocycles. The first-order valence-corrected chi connectivity index (χ1v) is 9.22. The van der Waals surface area contributed by atoms with Crippen molar-refractivity contribution >= 4 is 46.6 Å². The molecule has 0 aliphatic rings. The maximum atomic E-state index is 12.0. The van der Waals surface area contributed by atoms with Gasteiger partial charge < -0.3 is 10.6 Å². The fraction of sp³-hybridized carbons (Fsp3) is 0.150. The van der Waals surface area contributed by atoms with Crippen molar-refractivity contribution in [2.75, 3.05) is 11.9 Å². The van der Waals surface area contributed by atoms with Crippen LogP contribution in [0.3, 0.4) is 0 Å². The zero-order valence-corrected chi connectivity index (χ0v) is 16.5. The van der Waals surface area contributed by atoms with Crippen molar-refractivity contribution < 1.29 is 14.5 Å². The zero-order valence-electron chi connectivity index (χ0n) is 15.7. The molecule has 0 fully saturated rings. The van der Waals surface area contributed by atoms with E-state index in [0.717, 1.165) is 6.42 Å². The molecule has 0 aromatic heterocycles. The number of hydrogen-bond acceptors (Lipinski definition) is 5. The van der Waals surface area contributed by atoms with Crippen LogP contribution in [0.4, 0.5) is 11.4 Å². The van der Waals surface area contributed by atoms with E-state index in [1.165, 1.54) is 30.4 Å². The second-order valence-electron chi connectivity index (χ2n) is 5.97. The molecule has 0 aliphatic heterocycles. The molecule has 0 saturated carbocycles. The Bertz CT molecular complexity index is 959. The normalized spacial score (nSPS) is 10.4. The number of rotatable bonds is 7. The lowest BCUT2D eigenvalue weighted by molar-refractivity contribution is -0.384. The molecule has 2 amide bonds. The molecule has 0 heterocycles. The number of nitrogens with one attached hydrogen (secondary N) is 3. The standard InChI is InChI=1S/C20H20N4O4S/c1-2-11-21-19(26)15-6-4-7-16(13-15)22-20(29)23-18(25)10-9-14-5-3-8-17(12-14)24(27)28/h3-10,12-13H,2,11H2,1H3,(H,21,26)(H2,22,23,25,29)/b10-9+. The summed E-state index contributed by atoms with van der Waals surface area (Å²) in [5, 5.41) is 18.9. The van der Waals surface area contributed by atoms with Crippen molar-refractivity contribution in [2.24, 2.45) is 0 Å². The van der Waals surface area contributed by atoms with E-state index in [1.807, 2.05) is 6.92 Å². The Labute approximate surface area is 173 Å². The number of thiocarbonyl (C=S) groups is 1. The van der Waals surface area contributed by atoms with Crippen molar-refractivity contribution in [3.63, 3.8) is 0 Å². The van der Waals surface area contributed by atoms with Gasteiger partial charge in [0.05, 0.1) is 4.92 Å². The maximum Gasteiger partial charge on any atom is 0.270 e. The Hall–Kier alpha value is -3.59. The molecule has 2 rings (SSSR count). The van der Waals surface area contributed by atoms with Crippen molar-refractivity contribution in [3.8, 4) is 0 Å². The molecule has 29 heavy (non-hydrogen) atoms. The third-order valence-electron chi connectivity index (χ3n) is 3.66. The summed E-state index contributed by atoms with van der Waals surface area (Å²) in [6.45, 7) is 2.55. The van der Waals surface area contributed by atoms with Crippen molar-refractivity contribution in [2.45, 2.75) is 13.3 Å². The van der Waals surface area contributed by atoms with Crippen LogP contribution in [0.2, 0.25) is 0 Å². The molecule has 0 bridgehead atoms. The van der Waals surface area contributed by atoms with Gasteiger partial charge >= 0.3 is 0 Å². The highest BCUT2D eigenvalue weighted by Crippen LogP contribution is 2.14. The van der Waals surface area contributed by atoms with Gasteiger partial charge in [-0.25, -0.2) is 0 Å². The van der Waals surface area contributed by atoms with Gasteiger partial charge in [-0.2, -0.15) is 0 Å². The van der Waals surface area contributed by atoms with Gasteiger partial charge in [0.1, 0.15) is 0 Å². The zero-order chi connectivity index (χ0) is 21.2. The van der Waals surface area contributed by atoms with Gasteiger partial charge in [0.25, 0.3) is 11.6 Å². The first kappa shape index (κ1) is 21.7. The summed E-state index contributed by atoms with van der Waals surface area (Å²) < 4.78 is 0. The van der Waals surface area contributed by atoms with E-state index in [1.54, 1.807) is 30.3 Å². The van der Waals surface area contributed by atoms with E-state index in [0.29, 0.717) is 23.4 Å². The number of carbonyl (C=O) groups excluding carboxylic acids is 2. The topological polar surface area (TPSA) is 113 Å². The van der Waals surface area contributed by atoms with Crippen LogP contribution in [0.25, 0.3) is 6.08 Å². The van der Waals surface area contributed by atoms with Crippen molar-refractivity contribution in [1.29, 1.82) is 0 Å². The number of anilines is 1. The highest BCUT2D eigenvalue weighted by atomic mass is 32.1. The Morgan fingerprint density at radius 3 is 2.66 bits per heavy atom. The molecule has 2 aromatic rings. The lowest BCUT2D eigenvalue weighted by Gasteiger charge is -2.10. The number of nitro groups is 1. The van der Waals surface area contributed by atoms with Crippen LogP contribution in [-0.4, -0.2) is 28.4 Å². The van der Waals surface area contributed by atoms with E-state index >= 15 is 0 Å². The minimum atomic E-state index is -0.507. The fourth-order valence-electron chi connectivity index (χ4n) is 2.31. The van der Waals surface area contributed by atoms with Gasteiger partial charge in [-0.3, -0.25) is 25.0 Å². The summed E-state index contributed by atoms with van der Waals surface area (Å²) in [6, 6.07) is 12.6. The van der Waals surface area contributed by atoms with Crippen LogP contribution in [0.15, 0.2) is 54.6 Å². The Kier molecular flexibility index (Phi) is 7.99. The molecule has 9 heteroatoms. The number of amides is 2. The van der Waals surface area contributed by atoms with Crippen LogP contribution in [0.5, 0.6) is 0 Å². The lowest BCUT2D eigenvalue weighted by atomic mass is 10.2. The monoisotopic (exact) mass is 412 g/mol. The molecule has 3 N–H and O–H groups in total. The summed E-state index contributed by atoms with van der Waals surface area (Å²) in [6.07, 6.45) is 3.51. The van der Waals surface area contributed by atoms with E-state index in [4.69, 9.17) is 12.2 Å². The maximum absolute atomic E-state index is 12.0. The average Bonchev–Trinajstić information content (AvgIpc) is 2.70. The quantitative estimate of drug-likeness (QED) is 0.278. The summed E-state index contributed by atoms with van der Waals surface area (Å²) in [7, 11) is 0. The molecular formula is C20H20N4O4S. The summed E-state index contributed by atoms with van der Waals surface area (Å²) in [4.78, 5) is 34.3. The number of nitrogens with zero attached hydrogens (tertiary/aromatic N) is 1. The van der Waals surface area contributed by atoms with Crippen molar-refractivity contribution in [1.82, 2.24) is 10.6 Å². The van der Waals surface area contributed by atoms with Gasteiger partial charge in [0.2, 0.25) is 5.91 Å². The second kappa shape index (κ2) is 10.7. The number of non-ortho nitro benzene ring substituents is 1. The number of hydrogen-bond donors (Lipinski definition) is 3. The Morgan fingerprint density at radius 2 is 1.93 bits per heavy atom. The van der Waals surface area contributed by atoms with Crippen LogP contribution in [-0.2, 0) is 4.79 Å². The summed E-state index contributed by atoms with van der Waals surface area (Å²) >= 11 is 5.11. The molecule has 150 valence electrons. The molecule has 0 aliphatic carbocycles. The number of carbonyl (C=O) groups is 2. The summed E-state index contributed by atoms with van der Waals surface area (Å²) in [5.74, 6) is -0.684. The summed E-state index contributed by atoms with van der Waals surface area (Å²) in [5.41, 5.74) is 1.48. The molecule has 8 nitrogen and oxygen atoms in total. The lowest BCUT2D eigenvalue weighted by Crippen LogP contribution is -2.33. The average molecular weight is 412 g/mol.